The molecule has 4 bridgehead atoms. The fraction of sp³-hybridized carbons (Fsp3) is 0.514. The molecule has 10 nitrogen and oxygen atoms in total. The van der Waals surface area contributed by atoms with Gasteiger partial charge in [-0.05, 0) is 80.5 Å². The number of piperazine rings is 1. The van der Waals surface area contributed by atoms with E-state index >= 15 is 0 Å². The Labute approximate surface area is 278 Å². The van der Waals surface area contributed by atoms with Crippen molar-refractivity contribution in [1.82, 2.24) is 20.2 Å². The Morgan fingerprint density at radius 2 is 1.77 bits per heavy atom. The van der Waals surface area contributed by atoms with Gasteiger partial charge in [0.2, 0.25) is 5.95 Å². The van der Waals surface area contributed by atoms with E-state index in [-0.39, 0.29) is 22.7 Å². The molecule has 2 unspecified atom stereocenters. The van der Waals surface area contributed by atoms with E-state index in [4.69, 9.17) is 10.5 Å². The molecule has 0 radical (unpaired) electrons. The van der Waals surface area contributed by atoms with Gasteiger partial charge in [-0.3, -0.25) is 9.69 Å². The Kier molecular flexibility index (Phi) is 8.39. The predicted molar refractivity (Wildman–Crippen MR) is 179 cm³/mol. The van der Waals surface area contributed by atoms with Crippen molar-refractivity contribution in [2.45, 2.75) is 56.8 Å². The second-order valence-electron chi connectivity index (χ2n) is 14.0. The smallest absolute Gasteiger partial charge is 0.421 e. The minimum absolute atomic E-state index is 0.0600. The number of aryl methyl sites for hydroxylation is 1. The first kappa shape index (κ1) is 32.4. The lowest BCUT2D eigenvalue weighted by Crippen LogP contribution is -2.66. The molecule has 4 aliphatic carbocycles. The van der Waals surface area contributed by atoms with Gasteiger partial charge in [-0.25, -0.2) is 4.98 Å². The molecule has 1 saturated heterocycles. The quantitative estimate of drug-likeness (QED) is 0.241. The Morgan fingerprint density at radius 3 is 2.42 bits per heavy atom. The lowest BCUT2D eigenvalue weighted by molar-refractivity contribution is -0.137. The van der Waals surface area contributed by atoms with E-state index < -0.39 is 23.5 Å². The van der Waals surface area contributed by atoms with Crippen LogP contribution in [0.5, 0.6) is 5.75 Å². The summed E-state index contributed by atoms with van der Waals surface area (Å²) in [5.74, 6) is 1.79. The van der Waals surface area contributed by atoms with Crippen molar-refractivity contribution in [2.75, 3.05) is 55.9 Å². The number of halogens is 3. The molecule has 2 atom stereocenters. The van der Waals surface area contributed by atoms with Gasteiger partial charge in [0.15, 0.2) is 0 Å². The maximum atomic E-state index is 14.0. The molecule has 1 aliphatic heterocycles. The van der Waals surface area contributed by atoms with Crippen LogP contribution in [0.25, 0.3) is 0 Å². The minimum atomic E-state index is -4.73. The minimum Gasteiger partial charge on any atom is -0.494 e. The molecule has 2 heterocycles. The Balaban J connectivity index is 1.07. The van der Waals surface area contributed by atoms with E-state index in [1.807, 2.05) is 18.2 Å². The molecule has 48 heavy (non-hydrogen) atoms. The number of rotatable bonds is 8. The predicted octanol–water partition coefficient (Wildman–Crippen LogP) is 5.69. The van der Waals surface area contributed by atoms with Crippen molar-refractivity contribution in [1.29, 1.82) is 0 Å². The third-order valence-electron chi connectivity index (χ3n) is 10.9. The van der Waals surface area contributed by atoms with E-state index in [1.54, 1.807) is 26.2 Å². The normalized spacial score (nSPS) is 26.8. The van der Waals surface area contributed by atoms with Gasteiger partial charge in [0.1, 0.15) is 17.1 Å². The number of nitrogens with two attached hydrogens (primary N) is 1. The summed E-state index contributed by atoms with van der Waals surface area (Å²) >= 11 is 0. The molecule has 5 fully saturated rings. The first-order valence-corrected chi connectivity index (χ1v) is 16.7. The van der Waals surface area contributed by atoms with Crippen LogP contribution in [0.3, 0.4) is 0 Å². The van der Waals surface area contributed by atoms with Gasteiger partial charge in [0, 0.05) is 62.8 Å². The molecule has 5 N–H and O–H groups in total. The van der Waals surface area contributed by atoms with Crippen LogP contribution in [0.2, 0.25) is 0 Å². The summed E-state index contributed by atoms with van der Waals surface area (Å²) in [6.07, 6.45) is 2.20. The SMILES string of the molecule is CNC(=O)c1cccc(C)c1Nc1nc(Nc2ccc(N3CCN(C4C5CC6CC4CC(N)(C6)C5)CC3)cc2OC)ncc1C(F)(F)F. The van der Waals surface area contributed by atoms with Crippen LogP contribution in [0.1, 0.15) is 53.6 Å². The lowest BCUT2D eigenvalue weighted by atomic mass is 9.51. The molecule has 1 amide bonds. The highest BCUT2D eigenvalue weighted by Crippen LogP contribution is 2.56. The molecule has 4 saturated carbocycles. The number of carbonyl (C=O) groups is 1. The zero-order chi connectivity index (χ0) is 33.8. The molecular weight excluding hydrogens is 621 g/mol. The largest absolute Gasteiger partial charge is 0.494 e. The summed E-state index contributed by atoms with van der Waals surface area (Å²) in [5, 5.41) is 8.32. The van der Waals surface area contributed by atoms with Gasteiger partial charge >= 0.3 is 6.18 Å². The highest BCUT2D eigenvalue weighted by molar-refractivity contribution is 6.00. The number of amides is 1. The van der Waals surface area contributed by atoms with Crippen LogP contribution in [0.15, 0.2) is 42.6 Å². The number of anilines is 5. The van der Waals surface area contributed by atoms with Gasteiger partial charge in [0.25, 0.3) is 5.91 Å². The molecule has 8 rings (SSSR count). The van der Waals surface area contributed by atoms with Crippen molar-refractivity contribution >= 4 is 34.7 Å². The molecule has 5 aliphatic rings. The first-order valence-electron chi connectivity index (χ1n) is 16.7. The van der Waals surface area contributed by atoms with E-state index in [2.05, 4.69) is 35.7 Å². The molecule has 256 valence electrons. The van der Waals surface area contributed by atoms with Crippen LogP contribution >= 0.6 is 0 Å². The molecule has 1 aromatic heterocycles. The van der Waals surface area contributed by atoms with Crippen molar-refractivity contribution in [3.05, 3.63) is 59.3 Å². The number of aromatic nitrogens is 2. The molecule has 3 aromatic rings. The van der Waals surface area contributed by atoms with Crippen LogP contribution in [0.4, 0.5) is 42.0 Å². The zero-order valence-corrected chi connectivity index (χ0v) is 27.5. The summed E-state index contributed by atoms with van der Waals surface area (Å²) in [6.45, 7) is 5.50. The highest BCUT2D eigenvalue weighted by atomic mass is 19.4. The number of para-hydroxylation sites is 1. The molecular formula is C35H43F3N8O2. The van der Waals surface area contributed by atoms with E-state index in [0.717, 1.165) is 55.8 Å². The van der Waals surface area contributed by atoms with Crippen LogP contribution in [-0.4, -0.2) is 72.7 Å². The molecule has 2 aromatic carbocycles. The lowest BCUT2D eigenvalue weighted by Gasteiger charge is -2.61. The van der Waals surface area contributed by atoms with Gasteiger partial charge in [-0.1, -0.05) is 12.1 Å². The Bertz CT molecular complexity index is 1680. The van der Waals surface area contributed by atoms with Gasteiger partial charge in [0.05, 0.1) is 24.0 Å². The van der Waals surface area contributed by atoms with E-state index in [1.165, 1.54) is 45.2 Å². The second kappa shape index (κ2) is 12.4. The summed E-state index contributed by atoms with van der Waals surface area (Å²) in [4.78, 5) is 25.7. The maximum absolute atomic E-state index is 14.0. The van der Waals surface area contributed by atoms with Crippen molar-refractivity contribution in [3.63, 3.8) is 0 Å². The van der Waals surface area contributed by atoms with Crippen molar-refractivity contribution < 1.29 is 22.7 Å². The topological polar surface area (TPSA) is 121 Å². The fourth-order valence-electron chi connectivity index (χ4n) is 9.06. The van der Waals surface area contributed by atoms with Crippen molar-refractivity contribution in [3.8, 4) is 5.75 Å². The summed E-state index contributed by atoms with van der Waals surface area (Å²) < 4.78 is 47.8. The number of carbonyl (C=O) groups excluding carboxylic acids is 1. The monoisotopic (exact) mass is 664 g/mol. The average molecular weight is 665 g/mol. The van der Waals surface area contributed by atoms with Gasteiger partial charge in [-0.15, -0.1) is 0 Å². The fourth-order valence-corrected chi connectivity index (χ4v) is 9.06. The van der Waals surface area contributed by atoms with Gasteiger partial charge < -0.3 is 31.3 Å². The van der Waals surface area contributed by atoms with E-state index in [0.29, 0.717) is 23.0 Å². The number of alkyl halides is 3. The third-order valence-corrected chi connectivity index (χ3v) is 10.9. The second-order valence-corrected chi connectivity index (χ2v) is 14.0. The average Bonchev–Trinajstić information content (AvgIpc) is 3.04. The first-order chi connectivity index (χ1) is 22.9. The number of hydrogen-bond acceptors (Lipinski definition) is 9. The Hall–Kier alpha value is -4.10. The van der Waals surface area contributed by atoms with Crippen LogP contribution < -0.4 is 31.3 Å². The van der Waals surface area contributed by atoms with E-state index in [9.17, 15) is 18.0 Å². The third kappa shape index (κ3) is 6.13. The summed E-state index contributed by atoms with van der Waals surface area (Å²) in [7, 11) is 3.01. The van der Waals surface area contributed by atoms with Gasteiger partial charge in [-0.2, -0.15) is 18.2 Å². The van der Waals surface area contributed by atoms with Crippen LogP contribution in [0, 0.1) is 24.7 Å². The van der Waals surface area contributed by atoms with Crippen molar-refractivity contribution in [2.24, 2.45) is 23.5 Å². The standard InChI is InChI=1S/C35H43F3N8O2/c1-20-5-4-6-25(32(47)40-2)29(20)43-31-26(35(36,37)38)19-41-33(44-31)42-27-8-7-24(15-28(27)48-3)45-9-11-46(12-10-45)30-22-13-21-14-23(30)18-34(39,16-21)17-22/h4-8,15,19,21-23,30H,9-14,16-18,39H2,1-3H3,(H,40,47)(H2,41,42,43,44). The van der Waals surface area contributed by atoms with Crippen LogP contribution in [-0.2, 0) is 6.18 Å². The molecule has 13 heteroatoms. The molecule has 0 spiro atoms. The number of benzene rings is 2. The zero-order valence-electron chi connectivity index (χ0n) is 27.5. The number of nitrogens with one attached hydrogen (secondary N) is 3. The summed E-state index contributed by atoms with van der Waals surface area (Å²) in [6, 6.07) is 11.3. The number of ether oxygens (including phenoxy) is 1. The summed E-state index contributed by atoms with van der Waals surface area (Å²) in [5.41, 5.74) is 8.31. The number of nitrogens with zero attached hydrogens (tertiary/aromatic N) is 4. The number of methoxy groups -OCH3 is 1. The number of hydrogen-bond donors (Lipinski definition) is 4. The Morgan fingerprint density at radius 1 is 1.04 bits per heavy atom. The maximum Gasteiger partial charge on any atom is 0.421 e. The highest BCUT2D eigenvalue weighted by Gasteiger charge is 2.55.